The fourth-order valence-corrected chi connectivity index (χ4v) is 3.83. The molecule has 1 amide bonds. The second-order valence-electron chi connectivity index (χ2n) is 7.58. The van der Waals surface area contributed by atoms with Crippen molar-refractivity contribution in [1.82, 2.24) is 0 Å². The molecule has 0 aliphatic rings. The van der Waals surface area contributed by atoms with E-state index in [1.54, 1.807) is 12.1 Å². The lowest BCUT2D eigenvalue weighted by Crippen LogP contribution is -2.13. The van der Waals surface area contributed by atoms with Crippen LogP contribution in [0.4, 0.5) is 11.4 Å². The Morgan fingerprint density at radius 1 is 1.03 bits per heavy atom. The zero-order valence-corrected chi connectivity index (χ0v) is 19.9. The van der Waals surface area contributed by atoms with Gasteiger partial charge in [-0.25, -0.2) is 0 Å². The number of nitro groups is 1. The Balaban J connectivity index is 1.56. The smallest absolute Gasteiger partial charge is 0.271 e. The number of nitro benzene ring substituents is 1. The molecule has 0 spiro atoms. The molecule has 1 N–H and O–H groups in total. The van der Waals surface area contributed by atoms with Gasteiger partial charge in [0, 0.05) is 27.9 Å². The maximum Gasteiger partial charge on any atom is 0.271 e. The SMILES string of the molecule is N#C/C(=C\c1cc(Br)ccc1OCc1ccc2ccccc2c1)C(=O)Nc1cccc([N+](=O)[O-])c1. The van der Waals surface area contributed by atoms with Crippen molar-refractivity contribution < 1.29 is 14.5 Å². The molecule has 0 aromatic heterocycles. The van der Waals surface area contributed by atoms with E-state index in [-0.39, 0.29) is 16.9 Å². The molecule has 172 valence electrons. The van der Waals surface area contributed by atoms with Gasteiger partial charge in [0.1, 0.15) is 24.0 Å². The minimum atomic E-state index is -0.687. The molecule has 35 heavy (non-hydrogen) atoms. The lowest BCUT2D eigenvalue weighted by atomic mass is 10.1. The maximum atomic E-state index is 12.7. The summed E-state index contributed by atoms with van der Waals surface area (Å²) < 4.78 is 6.78. The molecule has 4 aromatic carbocycles. The third kappa shape index (κ3) is 5.91. The van der Waals surface area contributed by atoms with Crippen LogP contribution in [-0.4, -0.2) is 10.8 Å². The van der Waals surface area contributed by atoms with Gasteiger partial charge in [0.2, 0.25) is 0 Å². The first-order valence-corrected chi connectivity index (χ1v) is 11.3. The van der Waals surface area contributed by atoms with Gasteiger partial charge >= 0.3 is 0 Å². The summed E-state index contributed by atoms with van der Waals surface area (Å²) in [4.78, 5) is 23.1. The molecule has 0 saturated heterocycles. The summed E-state index contributed by atoms with van der Waals surface area (Å²) in [6, 6.07) is 26.8. The van der Waals surface area contributed by atoms with E-state index in [2.05, 4.69) is 27.3 Å². The van der Waals surface area contributed by atoms with Crippen LogP contribution in [0.2, 0.25) is 0 Å². The van der Waals surface area contributed by atoms with Crippen molar-refractivity contribution >= 4 is 50.1 Å². The predicted molar refractivity (Wildman–Crippen MR) is 138 cm³/mol. The number of amides is 1. The Morgan fingerprint density at radius 2 is 1.83 bits per heavy atom. The Labute approximate surface area is 209 Å². The minimum Gasteiger partial charge on any atom is -0.488 e. The van der Waals surface area contributed by atoms with Crippen molar-refractivity contribution in [2.75, 3.05) is 5.32 Å². The van der Waals surface area contributed by atoms with Gasteiger partial charge in [-0.2, -0.15) is 5.26 Å². The minimum absolute atomic E-state index is 0.165. The van der Waals surface area contributed by atoms with Crippen LogP contribution in [0.25, 0.3) is 16.8 Å². The molecular weight excluding hydrogens is 510 g/mol. The van der Waals surface area contributed by atoms with Gasteiger partial charge in [-0.3, -0.25) is 14.9 Å². The van der Waals surface area contributed by atoms with E-state index < -0.39 is 10.8 Å². The summed E-state index contributed by atoms with van der Waals surface area (Å²) in [7, 11) is 0. The number of benzene rings is 4. The molecule has 0 saturated carbocycles. The summed E-state index contributed by atoms with van der Waals surface area (Å²) in [6.07, 6.45) is 1.42. The van der Waals surface area contributed by atoms with Crippen LogP contribution in [0.5, 0.6) is 5.75 Å². The monoisotopic (exact) mass is 527 g/mol. The molecule has 0 bridgehead atoms. The fraction of sp³-hybridized carbons (Fsp3) is 0.0370. The van der Waals surface area contributed by atoms with Crippen molar-refractivity contribution in [2.24, 2.45) is 0 Å². The first kappa shape index (κ1) is 23.7. The van der Waals surface area contributed by atoms with Crippen molar-refractivity contribution in [1.29, 1.82) is 5.26 Å². The van der Waals surface area contributed by atoms with Gasteiger partial charge < -0.3 is 10.1 Å². The van der Waals surface area contributed by atoms with Crippen molar-refractivity contribution in [3.8, 4) is 11.8 Å². The number of rotatable bonds is 7. The number of anilines is 1. The number of hydrogen-bond donors (Lipinski definition) is 1. The second-order valence-corrected chi connectivity index (χ2v) is 8.50. The van der Waals surface area contributed by atoms with Crippen LogP contribution >= 0.6 is 15.9 Å². The first-order valence-electron chi connectivity index (χ1n) is 10.5. The number of ether oxygens (including phenoxy) is 1. The highest BCUT2D eigenvalue weighted by Crippen LogP contribution is 2.27. The van der Waals surface area contributed by atoms with Crippen LogP contribution in [0.3, 0.4) is 0 Å². The summed E-state index contributed by atoms with van der Waals surface area (Å²) in [6.45, 7) is 0.301. The quantitative estimate of drug-likeness (QED) is 0.125. The number of carbonyl (C=O) groups excluding carboxylic acids is 1. The van der Waals surface area contributed by atoms with Crippen molar-refractivity contribution in [2.45, 2.75) is 6.61 Å². The van der Waals surface area contributed by atoms with E-state index in [1.807, 2.05) is 48.5 Å². The Bertz CT molecular complexity index is 1510. The summed E-state index contributed by atoms with van der Waals surface area (Å²) in [5, 5.41) is 25.4. The molecule has 0 aliphatic heterocycles. The highest BCUT2D eigenvalue weighted by atomic mass is 79.9. The van der Waals surface area contributed by atoms with Gasteiger partial charge in [-0.1, -0.05) is 58.4 Å². The zero-order valence-electron chi connectivity index (χ0n) is 18.3. The highest BCUT2D eigenvalue weighted by molar-refractivity contribution is 9.10. The molecule has 0 heterocycles. The van der Waals surface area contributed by atoms with Crippen molar-refractivity contribution in [3.63, 3.8) is 0 Å². The summed E-state index contributed by atoms with van der Waals surface area (Å²) in [5.41, 5.74) is 1.38. The number of nitrogens with one attached hydrogen (secondary N) is 1. The van der Waals surface area contributed by atoms with E-state index >= 15 is 0 Å². The second kappa shape index (κ2) is 10.6. The standard InChI is InChI=1S/C27H18BrN3O4/c28-23-10-11-26(35-17-18-8-9-19-4-1-2-5-20(19)12-18)21(14-23)13-22(16-29)27(32)30-24-6-3-7-25(15-24)31(33)34/h1-15H,17H2,(H,30,32)/b22-13+. The Morgan fingerprint density at radius 3 is 2.60 bits per heavy atom. The van der Waals surface area contributed by atoms with Gasteiger partial charge in [0.25, 0.3) is 11.6 Å². The molecule has 0 aliphatic carbocycles. The largest absolute Gasteiger partial charge is 0.488 e. The van der Waals surface area contributed by atoms with Crippen LogP contribution in [-0.2, 0) is 11.4 Å². The van der Waals surface area contributed by atoms with Gasteiger partial charge in [0.15, 0.2) is 0 Å². The van der Waals surface area contributed by atoms with E-state index in [9.17, 15) is 20.2 Å². The molecule has 4 rings (SSSR count). The lowest BCUT2D eigenvalue weighted by Gasteiger charge is -2.11. The number of nitriles is 1. The zero-order chi connectivity index (χ0) is 24.8. The van der Waals surface area contributed by atoms with Gasteiger partial charge in [-0.05, 0) is 52.7 Å². The normalized spacial score (nSPS) is 11.0. The number of hydrogen-bond acceptors (Lipinski definition) is 5. The number of fused-ring (bicyclic) bond motifs is 1. The van der Waals surface area contributed by atoms with Crippen LogP contribution in [0.1, 0.15) is 11.1 Å². The van der Waals surface area contributed by atoms with Crippen LogP contribution in [0.15, 0.2) is 95.0 Å². The van der Waals surface area contributed by atoms with Gasteiger partial charge in [0.05, 0.1) is 4.92 Å². The predicted octanol–water partition coefficient (Wildman–Crippen LogP) is 6.64. The van der Waals surface area contributed by atoms with Gasteiger partial charge in [-0.15, -0.1) is 0 Å². The Kier molecular flexibility index (Phi) is 7.19. The molecule has 0 fully saturated rings. The van der Waals surface area contributed by atoms with E-state index in [0.29, 0.717) is 17.9 Å². The van der Waals surface area contributed by atoms with E-state index in [1.165, 1.54) is 30.3 Å². The number of carbonyl (C=O) groups is 1. The average molecular weight is 528 g/mol. The van der Waals surface area contributed by atoms with Crippen molar-refractivity contribution in [3.05, 3.63) is 116 Å². The summed E-state index contributed by atoms with van der Waals surface area (Å²) >= 11 is 3.41. The summed E-state index contributed by atoms with van der Waals surface area (Å²) in [5.74, 6) is -0.189. The molecule has 4 aromatic rings. The molecule has 0 radical (unpaired) electrons. The fourth-order valence-electron chi connectivity index (χ4n) is 3.45. The van der Waals surface area contributed by atoms with E-state index in [4.69, 9.17) is 4.74 Å². The molecule has 8 heteroatoms. The highest BCUT2D eigenvalue weighted by Gasteiger charge is 2.14. The molecule has 0 atom stereocenters. The van der Waals surface area contributed by atoms with Crippen LogP contribution in [0, 0.1) is 21.4 Å². The number of nitrogens with zero attached hydrogens (tertiary/aromatic N) is 2. The van der Waals surface area contributed by atoms with Crippen LogP contribution < -0.4 is 10.1 Å². The number of halogens is 1. The number of non-ortho nitro benzene ring substituents is 1. The molecular formula is C27H18BrN3O4. The third-order valence-electron chi connectivity index (χ3n) is 5.16. The lowest BCUT2D eigenvalue weighted by molar-refractivity contribution is -0.384. The third-order valence-corrected chi connectivity index (χ3v) is 5.65. The average Bonchev–Trinajstić information content (AvgIpc) is 2.86. The maximum absolute atomic E-state index is 12.7. The Hall–Kier alpha value is -4.48. The molecule has 0 unspecified atom stereocenters. The van der Waals surface area contributed by atoms with E-state index in [0.717, 1.165) is 20.8 Å². The molecule has 7 nitrogen and oxygen atoms in total. The first-order chi connectivity index (χ1) is 16.9. The topological polar surface area (TPSA) is 105 Å².